The monoisotopic (exact) mass is 396 g/mol. The van der Waals surface area contributed by atoms with Gasteiger partial charge in [0.15, 0.2) is 0 Å². The van der Waals surface area contributed by atoms with Crippen LogP contribution in [-0.2, 0) is 14.8 Å². The van der Waals surface area contributed by atoms with Crippen LogP contribution in [0.2, 0.25) is 0 Å². The fraction of sp³-hybridized carbons (Fsp3) is 0.632. The Labute approximate surface area is 161 Å². The smallest absolute Gasteiger partial charge is 0.247 e. The van der Waals surface area contributed by atoms with Crippen LogP contribution in [0.5, 0.6) is 11.5 Å². The van der Waals surface area contributed by atoms with Crippen LogP contribution in [-0.4, -0.2) is 51.5 Å². The molecule has 1 saturated heterocycles. The molecule has 1 amide bonds. The van der Waals surface area contributed by atoms with E-state index in [4.69, 9.17) is 9.47 Å². The first-order valence-corrected chi connectivity index (χ1v) is 11.0. The molecule has 7 nitrogen and oxygen atoms in total. The predicted octanol–water partition coefficient (Wildman–Crippen LogP) is 2.31. The lowest BCUT2D eigenvalue weighted by Crippen LogP contribution is -2.49. The minimum absolute atomic E-state index is 0.0585. The number of carbonyl (C=O) groups excluding carboxylic acids is 1. The summed E-state index contributed by atoms with van der Waals surface area (Å²) in [6.45, 7) is 0.334. The van der Waals surface area contributed by atoms with E-state index in [0.29, 0.717) is 25.1 Å². The van der Waals surface area contributed by atoms with Crippen molar-refractivity contribution in [1.29, 1.82) is 0 Å². The largest absolute Gasteiger partial charge is 0.497 e. The van der Waals surface area contributed by atoms with E-state index in [0.717, 1.165) is 25.7 Å². The normalized spacial score (nSPS) is 21.8. The van der Waals surface area contributed by atoms with E-state index in [-0.39, 0.29) is 22.6 Å². The van der Waals surface area contributed by atoms with E-state index >= 15 is 0 Å². The fourth-order valence-electron chi connectivity index (χ4n) is 3.95. The standard InChI is InChI=1S/C19H28N2O5S/c1-25-15-10-11-18(17(13-15)26-2)27(23,24)21-12-6-9-16(21)19(22)20-14-7-4-3-5-8-14/h10-11,13-14,16H,3-9,12H2,1-2H3,(H,20,22)/t16-/m0/s1. The molecule has 1 aliphatic heterocycles. The topological polar surface area (TPSA) is 84.9 Å². The molecule has 0 aromatic heterocycles. The van der Waals surface area contributed by atoms with Gasteiger partial charge in [0.25, 0.3) is 0 Å². The van der Waals surface area contributed by atoms with Crippen molar-refractivity contribution in [3.63, 3.8) is 0 Å². The second kappa shape index (κ2) is 8.48. The molecule has 0 radical (unpaired) electrons. The second-order valence-electron chi connectivity index (χ2n) is 7.13. The third-order valence-electron chi connectivity index (χ3n) is 5.42. The second-order valence-corrected chi connectivity index (χ2v) is 8.99. The molecule has 1 heterocycles. The van der Waals surface area contributed by atoms with Gasteiger partial charge in [0.1, 0.15) is 22.4 Å². The third kappa shape index (κ3) is 4.21. The first kappa shape index (κ1) is 19.9. The van der Waals surface area contributed by atoms with Crippen LogP contribution in [0.25, 0.3) is 0 Å². The zero-order valence-electron chi connectivity index (χ0n) is 15.9. The third-order valence-corrected chi connectivity index (χ3v) is 7.36. The average Bonchev–Trinajstić information content (AvgIpc) is 3.19. The molecule has 1 saturated carbocycles. The van der Waals surface area contributed by atoms with Gasteiger partial charge in [-0.15, -0.1) is 0 Å². The summed E-state index contributed by atoms with van der Waals surface area (Å²) in [5.41, 5.74) is 0. The highest BCUT2D eigenvalue weighted by molar-refractivity contribution is 7.89. The van der Waals surface area contributed by atoms with Gasteiger partial charge in [-0.3, -0.25) is 4.79 Å². The summed E-state index contributed by atoms with van der Waals surface area (Å²) in [6, 6.07) is 4.10. The number of benzene rings is 1. The fourth-order valence-corrected chi connectivity index (χ4v) is 5.74. The van der Waals surface area contributed by atoms with E-state index in [9.17, 15) is 13.2 Å². The van der Waals surface area contributed by atoms with Crippen molar-refractivity contribution in [2.75, 3.05) is 20.8 Å². The molecule has 27 heavy (non-hydrogen) atoms. The molecule has 8 heteroatoms. The van der Waals surface area contributed by atoms with Gasteiger partial charge in [-0.1, -0.05) is 19.3 Å². The number of hydrogen-bond donors (Lipinski definition) is 1. The Morgan fingerprint density at radius 1 is 1.07 bits per heavy atom. The predicted molar refractivity (Wildman–Crippen MR) is 101 cm³/mol. The van der Waals surface area contributed by atoms with Crippen molar-refractivity contribution in [3.05, 3.63) is 18.2 Å². The highest BCUT2D eigenvalue weighted by Gasteiger charge is 2.41. The Balaban J connectivity index is 1.81. The lowest BCUT2D eigenvalue weighted by molar-refractivity contribution is -0.125. The number of amides is 1. The molecule has 150 valence electrons. The number of ether oxygens (including phenoxy) is 2. The molecular weight excluding hydrogens is 368 g/mol. The molecule has 1 N–H and O–H groups in total. The molecule has 3 rings (SSSR count). The number of carbonyl (C=O) groups is 1. The first-order valence-electron chi connectivity index (χ1n) is 9.51. The molecule has 0 bridgehead atoms. The van der Waals surface area contributed by atoms with Gasteiger partial charge >= 0.3 is 0 Å². The Morgan fingerprint density at radius 3 is 2.48 bits per heavy atom. The first-order chi connectivity index (χ1) is 13.0. The van der Waals surface area contributed by atoms with Crippen molar-refractivity contribution in [2.45, 2.75) is 61.9 Å². The van der Waals surface area contributed by atoms with Crippen LogP contribution < -0.4 is 14.8 Å². The summed E-state index contributed by atoms with van der Waals surface area (Å²) in [5.74, 6) is 0.543. The van der Waals surface area contributed by atoms with Gasteiger partial charge in [-0.25, -0.2) is 8.42 Å². The average molecular weight is 397 g/mol. The molecule has 0 spiro atoms. The zero-order valence-corrected chi connectivity index (χ0v) is 16.8. The van der Waals surface area contributed by atoms with Crippen molar-refractivity contribution < 1.29 is 22.7 Å². The highest BCUT2D eigenvalue weighted by atomic mass is 32.2. The van der Waals surface area contributed by atoms with Crippen LogP contribution >= 0.6 is 0 Å². The Hall–Kier alpha value is -1.80. The van der Waals surface area contributed by atoms with E-state index < -0.39 is 16.1 Å². The Morgan fingerprint density at radius 2 is 1.81 bits per heavy atom. The molecule has 1 atom stereocenters. The molecule has 2 aliphatic rings. The zero-order chi connectivity index (χ0) is 19.4. The van der Waals surface area contributed by atoms with Crippen molar-refractivity contribution in [3.8, 4) is 11.5 Å². The van der Waals surface area contributed by atoms with Gasteiger partial charge in [-0.05, 0) is 37.8 Å². The van der Waals surface area contributed by atoms with Gasteiger partial charge in [0, 0.05) is 18.7 Å². The van der Waals surface area contributed by atoms with E-state index in [1.54, 1.807) is 12.1 Å². The Bertz CT molecular complexity index is 774. The van der Waals surface area contributed by atoms with E-state index in [2.05, 4.69) is 5.32 Å². The minimum atomic E-state index is -3.85. The lowest BCUT2D eigenvalue weighted by atomic mass is 9.95. The summed E-state index contributed by atoms with van der Waals surface area (Å²) >= 11 is 0. The van der Waals surface area contributed by atoms with Gasteiger partial charge in [0.05, 0.1) is 14.2 Å². The highest BCUT2D eigenvalue weighted by Crippen LogP contribution is 2.34. The summed E-state index contributed by atoms with van der Waals surface area (Å²) in [6.07, 6.45) is 6.57. The van der Waals surface area contributed by atoms with Crippen molar-refractivity contribution in [1.82, 2.24) is 9.62 Å². The van der Waals surface area contributed by atoms with Gasteiger partial charge < -0.3 is 14.8 Å². The summed E-state index contributed by atoms with van der Waals surface area (Å²) in [7, 11) is -0.919. The summed E-state index contributed by atoms with van der Waals surface area (Å²) < 4.78 is 38.2. The minimum Gasteiger partial charge on any atom is -0.497 e. The molecule has 0 unspecified atom stereocenters. The lowest BCUT2D eigenvalue weighted by Gasteiger charge is -2.28. The van der Waals surface area contributed by atoms with Crippen LogP contribution in [0.4, 0.5) is 0 Å². The van der Waals surface area contributed by atoms with Gasteiger partial charge in [-0.2, -0.15) is 4.31 Å². The van der Waals surface area contributed by atoms with Crippen molar-refractivity contribution in [2.24, 2.45) is 0 Å². The van der Waals surface area contributed by atoms with Crippen LogP contribution in [0.15, 0.2) is 23.1 Å². The molecular formula is C19H28N2O5S. The van der Waals surface area contributed by atoms with Crippen LogP contribution in [0, 0.1) is 0 Å². The number of rotatable bonds is 6. The number of methoxy groups -OCH3 is 2. The molecule has 1 aromatic carbocycles. The maximum atomic E-state index is 13.2. The van der Waals surface area contributed by atoms with Crippen molar-refractivity contribution >= 4 is 15.9 Å². The Kier molecular flexibility index (Phi) is 6.26. The number of nitrogens with zero attached hydrogens (tertiary/aromatic N) is 1. The number of sulfonamides is 1. The molecule has 2 fully saturated rings. The summed E-state index contributed by atoms with van der Waals surface area (Å²) in [4.78, 5) is 12.8. The molecule has 1 aromatic rings. The summed E-state index contributed by atoms with van der Waals surface area (Å²) in [5, 5.41) is 3.06. The number of hydrogen-bond acceptors (Lipinski definition) is 5. The SMILES string of the molecule is COc1ccc(S(=O)(=O)N2CCC[C@H]2C(=O)NC2CCCCC2)c(OC)c1. The van der Waals surface area contributed by atoms with E-state index in [1.165, 1.54) is 31.0 Å². The molecule has 1 aliphatic carbocycles. The maximum absolute atomic E-state index is 13.2. The van der Waals surface area contributed by atoms with Crippen LogP contribution in [0.3, 0.4) is 0 Å². The van der Waals surface area contributed by atoms with Crippen LogP contribution in [0.1, 0.15) is 44.9 Å². The maximum Gasteiger partial charge on any atom is 0.247 e. The quantitative estimate of drug-likeness (QED) is 0.798. The van der Waals surface area contributed by atoms with E-state index in [1.807, 2.05) is 0 Å². The number of nitrogens with one attached hydrogen (secondary N) is 1. The van der Waals surface area contributed by atoms with Gasteiger partial charge in [0.2, 0.25) is 15.9 Å².